The standard InChI is InChI=1S/C18H30N2O3.2C2H2O4/c1-4-21-17-7-5-6-8-18(17)23-14-12-20-10-9-16(15-20)22-13-11-19(2)3;2*3-1(4)2(5)6/h5-8,16H,4,9-15H2,1-3H3;2*(H,3,4)(H,5,6). The number of likely N-dealkylation sites (tertiary alicyclic amines) is 1. The van der Waals surface area contributed by atoms with Crippen molar-refractivity contribution in [1.82, 2.24) is 9.80 Å². The molecule has 0 aromatic heterocycles. The topological polar surface area (TPSA) is 183 Å². The molecule has 1 aliphatic rings. The molecule has 1 heterocycles. The van der Waals surface area contributed by atoms with Crippen molar-refractivity contribution in [1.29, 1.82) is 0 Å². The van der Waals surface area contributed by atoms with Gasteiger partial charge in [0, 0.05) is 26.2 Å². The maximum atomic E-state index is 9.10. The molecule has 2 rings (SSSR count). The van der Waals surface area contributed by atoms with E-state index in [2.05, 4.69) is 23.9 Å². The summed E-state index contributed by atoms with van der Waals surface area (Å²) in [5.74, 6) is -5.65. The third kappa shape index (κ3) is 15.9. The molecule has 1 aromatic rings. The second kappa shape index (κ2) is 18.0. The lowest BCUT2D eigenvalue weighted by molar-refractivity contribution is -0.159. The van der Waals surface area contributed by atoms with Crippen molar-refractivity contribution in [3.8, 4) is 11.5 Å². The Morgan fingerprint density at radius 3 is 1.89 bits per heavy atom. The number of carbonyl (C=O) groups is 4. The van der Waals surface area contributed by atoms with Gasteiger partial charge in [-0.1, -0.05) is 12.1 Å². The predicted octanol–water partition coefficient (Wildman–Crippen LogP) is 0.428. The fraction of sp³-hybridized carbons (Fsp3) is 0.545. The first kappa shape index (κ1) is 31.6. The number of hydrogen-bond donors (Lipinski definition) is 4. The quantitative estimate of drug-likeness (QED) is 0.323. The fourth-order valence-corrected chi connectivity index (χ4v) is 2.67. The van der Waals surface area contributed by atoms with Crippen molar-refractivity contribution < 1.29 is 53.8 Å². The molecular weight excluding hydrogens is 468 g/mol. The van der Waals surface area contributed by atoms with Crippen LogP contribution in [0, 0.1) is 0 Å². The largest absolute Gasteiger partial charge is 0.490 e. The first-order chi connectivity index (χ1) is 16.5. The number of likely N-dealkylation sites (N-methyl/N-ethyl adjacent to an activating group) is 1. The molecule has 4 N–H and O–H groups in total. The number of benzene rings is 1. The van der Waals surface area contributed by atoms with Crippen molar-refractivity contribution in [3.05, 3.63) is 24.3 Å². The summed E-state index contributed by atoms with van der Waals surface area (Å²) in [7, 11) is 4.14. The van der Waals surface area contributed by atoms with E-state index in [-0.39, 0.29) is 0 Å². The van der Waals surface area contributed by atoms with Crippen LogP contribution in [0.2, 0.25) is 0 Å². The van der Waals surface area contributed by atoms with Gasteiger partial charge in [-0.3, -0.25) is 4.90 Å². The Labute approximate surface area is 203 Å². The highest BCUT2D eigenvalue weighted by Gasteiger charge is 2.22. The van der Waals surface area contributed by atoms with E-state index in [0.717, 1.165) is 50.7 Å². The molecule has 13 nitrogen and oxygen atoms in total. The maximum absolute atomic E-state index is 9.10. The molecule has 0 bridgehead atoms. The van der Waals surface area contributed by atoms with Gasteiger partial charge in [0.25, 0.3) is 0 Å². The van der Waals surface area contributed by atoms with E-state index < -0.39 is 23.9 Å². The zero-order valence-corrected chi connectivity index (χ0v) is 20.1. The van der Waals surface area contributed by atoms with Crippen LogP contribution in [0.15, 0.2) is 24.3 Å². The second-order valence-corrected chi connectivity index (χ2v) is 7.33. The Morgan fingerprint density at radius 2 is 1.43 bits per heavy atom. The summed E-state index contributed by atoms with van der Waals surface area (Å²) in [6.07, 6.45) is 1.48. The monoisotopic (exact) mass is 502 g/mol. The number of carboxylic acid groups (broad SMARTS) is 4. The van der Waals surface area contributed by atoms with E-state index >= 15 is 0 Å². The number of carboxylic acids is 4. The van der Waals surface area contributed by atoms with Crippen LogP contribution in [-0.4, -0.2) is 120 Å². The number of nitrogens with zero attached hydrogens (tertiary/aromatic N) is 2. The number of hydrogen-bond acceptors (Lipinski definition) is 9. The Hall–Kier alpha value is -3.42. The Balaban J connectivity index is 0.000000797. The molecule has 1 aliphatic heterocycles. The summed E-state index contributed by atoms with van der Waals surface area (Å²) >= 11 is 0. The molecule has 0 amide bonds. The van der Waals surface area contributed by atoms with E-state index in [1.807, 2.05) is 31.2 Å². The highest BCUT2D eigenvalue weighted by Crippen LogP contribution is 2.26. The van der Waals surface area contributed by atoms with Crippen LogP contribution in [-0.2, 0) is 23.9 Å². The Bertz CT molecular complexity index is 753. The predicted molar refractivity (Wildman–Crippen MR) is 123 cm³/mol. The molecule has 35 heavy (non-hydrogen) atoms. The van der Waals surface area contributed by atoms with Gasteiger partial charge in [-0.25, -0.2) is 19.2 Å². The van der Waals surface area contributed by atoms with E-state index in [0.29, 0.717) is 19.3 Å². The molecule has 0 radical (unpaired) electrons. The lowest BCUT2D eigenvalue weighted by Crippen LogP contribution is -2.29. The summed E-state index contributed by atoms with van der Waals surface area (Å²) in [5.41, 5.74) is 0. The third-order valence-corrected chi connectivity index (χ3v) is 4.30. The molecule has 13 heteroatoms. The molecule has 0 saturated carbocycles. The summed E-state index contributed by atoms with van der Waals surface area (Å²) in [4.78, 5) is 41.0. The minimum Gasteiger partial charge on any atom is -0.490 e. The average molecular weight is 503 g/mol. The second-order valence-electron chi connectivity index (χ2n) is 7.33. The summed E-state index contributed by atoms with van der Waals surface area (Å²) in [6, 6.07) is 7.85. The minimum absolute atomic E-state index is 0.366. The number of para-hydroxylation sites is 2. The average Bonchev–Trinajstić information content (AvgIpc) is 3.23. The van der Waals surface area contributed by atoms with Crippen LogP contribution in [0.25, 0.3) is 0 Å². The first-order valence-electron chi connectivity index (χ1n) is 10.7. The molecular formula is C22H34N2O11. The molecule has 0 aliphatic carbocycles. The van der Waals surface area contributed by atoms with Gasteiger partial charge < -0.3 is 39.5 Å². The van der Waals surface area contributed by atoms with Gasteiger partial charge in [0.2, 0.25) is 0 Å². The molecule has 1 atom stereocenters. The number of ether oxygens (including phenoxy) is 3. The van der Waals surface area contributed by atoms with Crippen LogP contribution in [0.4, 0.5) is 0 Å². The molecule has 1 fully saturated rings. The van der Waals surface area contributed by atoms with Gasteiger partial charge in [-0.15, -0.1) is 0 Å². The summed E-state index contributed by atoms with van der Waals surface area (Å²) < 4.78 is 17.4. The number of aliphatic carboxylic acids is 4. The van der Waals surface area contributed by atoms with Crippen molar-refractivity contribution in [2.24, 2.45) is 0 Å². The summed E-state index contributed by atoms with van der Waals surface area (Å²) in [5, 5.41) is 29.6. The van der Waals surface area contributed by atoms with Gasteiger partial charge in [0.1, 0.15) is 6.61 Å². The normalized spacial score (nSPS) is 14.7. The molecule has 1 aromatic carbocycles. The molecule has 1 saturated heterocycles. The van der Waals surface area contributed by atoms with Crippen molar-refractivity contribution in [3.63, 3.8) is 0 Å². The van der Waals surface area contributed by atoms with E-state index in [1.165, 1.54) is 0 Å². The number of rotatable bonds is 10. The van der Waals surface area contributed by atoms with Gasteiger partial charge in [0.05, 0.1) is 19.3 Å². The fourth-order valence-electron chi connectivity index (χ4n) is 2.67. The van der Waals surface area contributed by atoms with Crippen LogP contribution >= 0.6 is 0 Å². The van der Waals surface area contributed by atoms with Crippen molar-refractivity contribution in [2.75, 3.05) is 60.1 Å². The van der Waals surface area contributed by atoms with Gasteiger partial charge in [0.15, 0.2) is 11.5 Å². The van der Waals surface area contributed by atoms with Crippen LogP contribution in [0.3, 0.4) is 0 Å². The smallest absolute Gasteiger partial charge is 0.414 e. The Kier molecular flexibility index (Phi) is 16.2. The Morgan fingerprint density at radius 1 is 0.914 bits per heavy atom. The van der Waals surface area contributed by atoms with Gasteiger partial charge in [-0.05, 0) is 39.6 Å². The van der Waals surface area contributed by atoms with Gasteiger partial charge in [-0.2, -0.15) is 0 Å². The maximum Gasteiger partial charge on any atom is 0.414 e. The molecule has 198 valence electrons. The van der Waals surface area contributed by atoms with Crippen LogP contribution in [0.5, 0.6) is 11.5 Å². The highest BCUT2D eigenvalue weighted by atomic mass is 16.5. The van der Waals surface area contributed by atoms with Crippen LogP contribution < -0.4 is 9.47 Å². The first-order valence-corrected chi connectivity index (χ1v) is 10.7. The molecule has 0 spiro atoms. The van der Waals surface area contributed by atoms with E-state index in [9.17, 15) is 0 Å². The zero-order valence-electron chi connectivity index (χ0n) is 20.1. The summed E-state index contributed by atoms with van der Waals surface area (Å²) in [6.45, 7) is 8.11. The third-order valence-electron chi connectivity index (χ3n) is 4.30. The minimum atomic E-state index is -1.82. The lowest BCUT2D eigenvalue weighted by Gasteiger charge is -2.18. The SMILES string of the molecule is CCOc1ccccc1OCCN1CCC(OCCN(C)C)C1.O=C(O)C(=O)O.O=C(O)C(=O)O. The lowest BCUT2D eigenvalue weighted by atomic mass is 10.3. The highest BCUT2D eigenvalue weighted by molar-refractivity contribution is 6.27. The zero-order chi connectivity index (χ0) is 26.8. The van der Waals surface area contributed by atoms with Crippen molar-refractivity contribution >= 4 is 23.9 Å². The molecule has 1 unspecified atom stereocenters. The van der Waals surface area contributed by atoms with E-state index in [4.69, 9.17) is 53.8 Å². The van der Waals surface area contributed by atoms with Crippen LogP contribution in [0.1, 0.15) is 13.3 Å². The van der Waals surface area contributed by atoms with Gasteiger partial charge >= 0.3 is 23.9 Å². The van der Waals surface area contributed by atoms with Crippen molar-refractivity contribution in [2.45, 2.75) is 19.4 Å². The van der Waals surface area contributed by atoms with E-state index in [1.54, 1.807) is 0 Å².